The molecule has 0 fully saturated rings. The van der Waals surface area contributed by atoms with Crippen LogP contribution in [0, 0.1) is 0 Å². The number of nitrogens with one attached hydrogen (secondary N) is 1. The molecule has 3 amide bonds. The van der Waals surface area contributed by atoms with Crippen LogP contribution in [0.1, 0.15) is 6.92 Å². The van der Waals surface area contributed by atoms with Crippen LogP contribution in [0.3, 0.4) is 0 Å². The first-order chi connectivity index (χ1) is 9.97. The Kier molecular flexibility index (Phi) is 4.76. The molecule has 2 aromatic rings. The van der Waals surface area contributed by atoms with Crippen molar-refractivity contribution in [1.82, 2.24) is 25.5 Å². The highest BCUT2D eigenvalue weighted by Crippen LogP contribution is 2.23. The van der Waals surface area contributed by atoms with Crippen LogP contribution in [0.4, 0.5) is 4.79 Å². The molecule has 0 saturated heterocycles. The van der Waals surface area contributed by atoms with Crippen LogP contribution >= 0.6 is 23.4 Å². The number of halogens is 1. The van der Waals surface area contributed by atoms with Crippen LogP contribution in [-0.4, -0.2) is 37.4 Å². The number of amides is 3. The third-order valence-corrected chi connectivity index (χ3v) is 3.69. The van der Waals surface area contributed by atoms with E-state index in [0.717, 1.165) is 11.8 Å². The van der Waals surface area contributed by atoms with Gasteiger partial charge in [0.2, 0.25) is 11.1 Å². The number of carbonyl (C=O) groups excluding carboxylic acids is 2. The summed E-state index contributed by atoms with van der Waals surface area (Å²) in [5, 5.41) is 13.7. The Morgan fingerprint density at radius 3 is 2.67 bits per heavy atom. The number of aromatic nitrogens is 4. The van der Waals surface area contributed by atoms with E-state index in [-0.39, 0.29) is 0 Å². The van der Waals surface area contributed by atoms with E-state index in [4.69, 9.17) is 17.3 Å². The van der Waals surface area contributed by atoms with Gasteiger partial charge in [-0.15, -0.1) is 5.10 Å². The van der Waals surface area contributed by atoms with E-state index in [9.17, 15) is 9.59 Å². The smallest absolute Gasteiger partial charge is 0.318 e. The van der Waals surface area contributed by atoms with E-state index in [1.54, 1.807) is 31.2 Å². The van der Waals surface area contributed by atoms with Gasteiger partial charge < -0.3 is 5.73 Å². The Hall–Kier alpha value is -2.13. The van der Waals surface area contributed by atoms with Gasteiger partial charge in [-0.1, -0.05) is 23.4 Å². The maximum atomic E-state index is 11.6. The summed E-state index contributed by atoms with van der Waals surface area (Å²) in [5.41, 5.74) is 5.60. The summed E-state index contributed by atoms with van der Waals surface area (Å²) < 4.78 is 1.47. The predicted molar refractivity (Wildman–Crippen MR) is 77.2 cm³/mol. The molecule has 0 saturated carbocycles. The van der Waals surface area contributed by atoms with E-state index in [2.05, 4.69) is 15.5 Å². The molecule has 1 heterocycles. The fourth-order valence-corrected chi connectivity index (χ4v) is 2.37. The summed E-state index contributed by atoms with van der Waals surface area (Å²) >= 11 is 6.92. The fourth-order valence-electron chi connectivity index (χ4n) is 1.43. The SMILES string of the molecule is C[C@@H](Sc1nnnn1-c1ccc(Cl)cc1)C(=O)NC(N)=O. The molecule has 0 bridgehead atoms. The third-order valence-electron chi connectivity index (χ3n) is 2.41. The van der Waals surface area contributed by atoms with Crippen molar-refractivity contribution in [2.45, 2.75) is 17.3 Å². The van der Waals surface area contributed by atoms with Crippen molar-refractivity contribution >= 4 is 35.3 Å². The molecule has 110 valence electrons. The number of tetrazole rings is 1. The Labute approximate surface area is 129 Å². The number of nitrogens with two attached hydrogens (primary N) is 1. The number of imide groups is 1. The minimum absolute atomic E-state index is 0.407. The van der Waals surface area contributed by atoms with E-state index in [0.29, 0.717) is 15.9 Å². The summed E-state index contributed by atoms with van der Waals surface area (Å²) in [6, 6.07) is 6.00. The maximum Gasteiger partial charge on any atom is 0.318 e. The molecular weight excluding hydrogens is 316 g/mol. The number of urea groups is 1. The zero-order valence-electron chi connectivity index (χ0n) is 10.9. The molecule has 0 aliphatic carbocycles. The Bertz CT molecular complexity index is 659. The van der Waals surface area contributed by atoms with Gasteiger partial charge in [-0.2, -0.15) is 4.68 Å². The number of thioether (sulfide) groups is 1. The minimum Gasteiger partial charge on any atom is -0.351 e. The quantitative estimate of drug-likeness (QED) is 0.809. The minimum atomic E-state index is -0.898. The third kappa shape index (κ3) is 3.92. The van der Waals surface area contributed by atoms with Gasteiger partial charge in [0.05, 0.1) is 10.9 Å². The normalized spacial score (nSPS) is 11.9. The van der Waals surface area contributed by atoms with E-state index < -0.39 is 17.2 Å². The molecule has 10 heteroatoms. The average molecular weight is 327 g/mol. The average Bonchev–Trinajstić information content (AvgIpc) is 2.87. The Morgan fingerprint density at radius 1 is 1.38 bits per heavy atom. The van der Waals surface area contributed by atoms with E-state index in [1.165, 1.54) is 4.68 Å². The molecule has 1 aromatic carbocycles. The van der Waals surface area contributed by atoms with Gasteiger partial charge in [0.25, 0.3) is 0 Å². The largest absolute Gasteiger partial charge is 0.351 e. The second-order valence-electron chi connectivity index (χ2n) is 3.96. The second kappa shape index (κ2) is 6.55. The van der Waals surface area contributed by atoms with Gasteiger partial charge >= 0.3 is 6.03 Å². The number of rotatable bonds is 4. The number of primary amides is 1. The number of hydrogen-bond donors (Lipinski definition) is 2. The first-order valence-corrected chi connectivity index (χ1v) is 7.04. The molecule has 1 aromatic heterocycles. The second-order valence-corrected chi connectivity index (χ2v) is 5.71. The number of nitrogens with zero attached hydrogens (tertiary/aromatic N) is 4. The van der Waals surface area contributed by atoms with Crippen molar-refractivity contribution in [3.8, 4) is 5.69 Å². The summed E-state index contributed by atoms with van der Waals surface area (Å²) in [4.78, 5) is 22.3. The molecule has 8 nitrogen and oxygen atoms in total. The number of hydrogen-bond acceptors (Lipinski definition) is 6. The van der Waals surface area contributed by atoms with Gasteiger partial charge in [-0.25, -0.2) is 4.79 Å². The Balaban J connectivity index is 2.15. The zero-order valence-corrected chi connectivity index (χ0v) is 12.4. The van der Waals surface area contributed by atoms with Gasteiger partial charge in [0, 0.05) is 5.02 Å². The maximum absolute atomic E-state index is 11.6. The van der Waals surface area contributed by atoms with Crippen LogP contribution in [0.5, 0.6) is 0 Å². The van der Waals surface area contributed by atoms with Crippen molar-refractivity contribution < 1.29 is 9.59 Å². The first-order valence-electron chi connectivity index (χ1n) is 5.78. The zero-order chi connectivity index (χ0) is 15.4. The molecule has 0 spiro atoms. The highest BCUT2D eigenvalue weighted by Gasteiger charge is 2.20. The Morgan fingerprint density at radius 2 is 2.05 bits per heavy atom. The molecule has 0 aliphatic heterocycles. The standard InChI is InChI=1S/C11H11ClN6O2S/c1-6(9(19)14-10(13)20)21-11-15-16-17-18(11)8-4-2-7(12)3-5-8/h2-6H,1H3,(H3,13,14,19,20)/t6-/m1/s1. The lowest BCUT2D eigenvalue weighted by molar-refractivity contribution is -0.119. The molecule has 21 heavy (non-hydrogen) atoms. The molecule has 0 unspecified atom stereocenters. The van der Waals surface area contributed by atoms with Gasteiger partial charge in [0.1, 0.15) is 0 Å². The van der Waals surface area contributed by atoms with E-state index >= 15 is 0 Å². The van der Waals surface area contributed by atoms with Crippen LogP contribution in [0.15, 0.2) is 29.4 Å². The fraction of sp³-hybridized carbons (Fsp3) is 0.182. The molecule has 0 radical (unpaired) electrons. The lowest BCUT2D eigenvalue weighted by Gasteiger charge is -2.09. The topological polar surface area (TPSA) is 116 Å². The first kappa shape index (κ1) is 15.3. The molecular formula is C11H11ClN6O2S. The highest BCUT2D eigenvalue weighted by molar-refractivity contribution is 8.00. The predicted octanol–water partition coefficient (Wildman–Crippen LogP) is 0.991. The number of benzene rings is 1. The van der Waals surface area contributed by atoms with Crippen molar-refractivity contribution in [3.63, 3.8) is 0 Å². The van der Waals surface area contributed by atoms with Crippen molar-refractivity contribution in [2.75, 3.05) is 0 Å². The highest BCUT2D eigenvalue weighted by atomic mass is 35.5. The van der Waals surface area contributed by atoms with Crippen molar-refractivity contribution in [1.29, 1.82) is 0 Å². The summed E-state index contributed by atoms with van der Waals surface area (Å²) in [6.45, 7) is 1.61. The lowest BCUT2D eigenvalue weighted by atomic mass is 10.3. The van der Waals surface area contributed by atoms with Gasteiger partial charge in [-0.05, 0) is 41.6 Å². The molecule has 0 aliphatic rings. The van der Waals surface area contributed by atoms with E-state index in [1.807, 2.05) is 5.32 Å². The summed E-state index contributed by atoms with van der Waals surface area (Å²) in [6.07, 6.45) is 0. The summed E-state index contributed by atoms with van der Waals surface area (Å²) in [5.74, 6) is -0.516. The number of carbonyl (C=O) groups is 2. The lowest BCUT2D eigenvalue weighted by Crippen LogP contribution is -2.39. The van der Waals surface area contributed by atoms with Crippen LogP contribution in [0.2, 0.25) is 5.02 Å². The van der Waals surface area contributed by atoms with Crippen LogP contribution < -0.4 is 11.1 Å². The summed E-state index contributed by atoms with van der Waals surface area (Å²) in [7, 11) is 0. The molecule has 1 atom stereocenters. The van der Waals surface area contributed by atoms with Gasteiger partial charge in [-0.3, -0.25) is 10.1 Å². The van der Waals surface area contributed by atoms with Crippen LogP contribution in [0.25, 0.3) is 5.69 Å². The molecule has 2 rings (SSSR count). The monoisotopic (exact) mass is 326 g/mol. The van der Waals surface area contributed by atoms with Crippen LogP contribution in [-0.2, 0) is 4.79 Å². The molecule has 3 N–H and O–H groups in total. The van der Waals surface area contributed by atoms with Gasteiger partial charge in [0.15, 0.2) is 0 Å². The van der Waals surface area contributed by atoms with Crippen molar-refractivity contribution in [3.05, 3.63) is 29.3 Å². The van der Waals surface area contributed by atoms with Crippen molar-refractivity contribution in [2.24, 2.45) is 5.73 Å².